The van der Waals surface area contributed by atoms with Crippen molar-refractivity contribution < 1.29 is 5.11 Å². The van der Waals surface area contributed by atoms with Crippen molar-refractivity contribution in [2.75, 3.05) is 18.9 Å². The van der Waals surface area contributed by atoms with Gasteiger partial charge in [-0.2, -0.15) is 0 Å². The molecule has 0 amide bonds. The highest BCUT2D eigenvalue weighted by atomic mass is 32.2. The van der Waals surface area contributed by atoms with Gasteiger partial charge in [-0.15, -0.1) is 0 Å². The molecule has 0 spiro atoms. The monoisotopic (exact) mass is 241 g/mol. The largest absolute Gasteiger partial charge is 0.396 e. The van der Waals surface area contributed by atoms with Crippen LogP contribution in [0.15, 0.2) is 23.6 Å². The molecule has 4 nitrogen and oxygen atoms in total. The fraction of sp³-hybridized carbons (Fsp3) is 0.636. The van der Waals surface area contributed by atoms with E-state index in [1.807, 2.05) is 6.07 Å². The fourth-order valence-corrected chi connectivity index (χ4v) is 2.19. The number of thioether (sulfide) groups is 1. The Morgan fingerprint density at radius 3 is 2.81 bits per heavy atom. The summed E-state index contributed by atoms with van der Waals surface area (Å²) >= 11 is 1.62. The van der Waals surface area contributed by atoms with E-state index in [-0.39, 0.29) is 6.61 Å². The van der Waals surface area contributed by atoms with Gasteiger partial charge in [-0.3, -0.25) is 0 Å². The minimum atomic E-state index is 0.220. The van der Waals surface area contributed by atoms with Crippen LogP contribution in [0.2, 0.25) is 0 Å². The Bertz CT molecular complexity index is 271. The Morgan fingerprint density at radius 2 is 2.19 bits per heavy atom. The van der Waals surface area contributed by atoms with Crippen LogP contribution in [0.1, 0.15) is 19.8 Å². The van der Waals surface area contributed by atoms with Crippen molar-refractivity contribution in [2.24, 2.45) is 0 Å². The molecule has 5 heteroatoms. The molecule has 1 unspecified atom stereocenters. The first kappa shape index (κ1) is 13.4. The maximum Gasteiger partial charge on any atom is 0.187 e. The van der Waals surface area contributed by atoms with Gasteiger partial charge in [0, 0.05) is 30.8 Å². The molecule has 1 aromatic heterocycles. The summed E-state index contributed by atoms with van der Waals surface area (Å²) in [6, 6.07) is 2.14. The Kier molecular flexibility index (Phi) is 7.12. The first-order valence-corrected chi connectivity index (χ1v) is 6.59. The molecule has 1 atom stereocenters. The first-order chi connectivity index (χ1) is 7.86. The average molecular weight is 241 g/mol. The predicted octanol–water partition coefficient (Wildman–Crippen LogP) is 1.32. The van der Waals surface area contributed by atoms with E-state index in [0.29, 0.717) is 6.04 Å². The number of aromatic nitrogens is 2. The summed E-state index contributed by atoms with van der Waals surface area (Å²) in [5.41, 5.74) is 0. The van der Waals surface area contributed by atoms with Crippen molar-refractivity contribution in [3.8, 4) is 0 Å². The third-order valence-electron chi connectivity index (χ3n) is 2.12. The van der Waals surface area contributed by atoms with Crippen LogP contribution >= 0.6 is 11.8 Å². The molecule has 1 rings (SSSR count). The molecular formula is C11H19N3OS. The van der Waals surface area contributed by atoms with Gasteiger partial charge in [0.15, 0.2) is 5.16 Å². The van der Waals surface area contributed by atoms with Crippen molar-refractivity contribution in [3.05, 3.63) is 18.5 Å². The number of hydrogen-bond acceptors (Lipinski definition) is 5. The molecular weight excluding hydrogens is 222 g/mol. The van der Waals surface area contributed by atoms with Crippen LogP contribution in [0.3, 0.4) is 0 Å². The first-order valence-electron chi connectivity index (χ1n) is 5.61. The number of nitrogens with zero attached hydrogens (tertiary/aromatic N) is 2. The molecule has 0 bridgehead atoms. The normalized spacial score (nSPS) is 12.6. The van der Waals surface area contributed by atoms with E-state index in [4.69, 9.17) is 5.11 Å². The summed E-state index contributed by atoms with van der Waals surface area (Å²) in [6.07, 6.45) is 5.37. The Labute approximate surface area is 101 Å². The summed E-state index contributed by atoms with van der Waals surface area (Å²) in [4.78, 5) is 8.31. The third-order valence-corrected chi connectivity index (χ3v) is 3.15. The summed E-state index contributed by atoms with van der Waals surface area (Å²) in [5, 5.41) is 13.2. The predicted molar refractivity (Wildman–Crippen MR) is 66.5 cm³/mol. The lowest BCUT2D eigenvalue weighted by atomic mass is 10.2. The molecule has 1 aromatic rings. The van der Waals surface area contributed by atoms with Gasteiger partial charge in [-0.05, 0) is 25.5 Å². The van der Waals surface area contributed by atoms with Crippen molar-refractivity contribution in [1.82, 2.24) is 15.3 Å². The van der Waals surface area contributed by atoms with Crippen LogP contribution in [-0.2, 0) is 0 Å². The van der Waals surface area contributed by atoms with E-state index >= 15 is 0 Å². The second-order valence-corrected chi connectivity index (χ2v) is 4.49. The minimum Gasteiger partial charge on any atom is -0.396 e. The van der Waals surface area contributed by atoms with E-state index in [0.717, 1.165) is 30.3 Å². The molecule has 2 N–H and O–H groups in total. The lowest BCUT2D eigenvalue weighted by molar-refractivity contribution is 0.270. The zero-order valence-corrected chi connectivity index (χ0v) is 10.4. The average Bonchev–Trinajstić information content (AvgIpc) is 2.34. The smallest absolute Gasteiger partial charge is 0.187 e. The summed E-state index contributed by atoms with van der Waals surface area (Å²) in [7, 11) is 0. The zero-order chi connectivity index (χ0) is 11.6. The van der Waals surface area contributed by atoms with Gasteiger partial charge < -0.3 is 10.4 Å². The van der Waals surface area contributed by atoms with Crippen LogP contribution in [0.5, 0.6) is 0 Å². The van der Waals surface area contributed by atoms with Crippen molar-refractivity contribution in [1.29, 1.82) is 0 Å². The Balaban J connectivity index is 2.31. The SMILES string of the molecule is CCCNC(CCO)CSc1ncccn1. The van der Waals surface area contributed by atoms with Gasteiger partial charge in [0.25, 0.3) is 0 Å². The zero-order valence-electron chi connectivity index (χ0n) is 9.59. The second kappa shape index (κ2) is 8.50. The fourth-order valence-electron chi connectivity index (χ4n) is 1.28. The van der Waals surface area contributed by atoms with Gasteiger partial charge >= 0.3 is 0 Å². The van der Waals surface area contributed by atoms with E-state index in [9.17, 15) is 0 Å². The molecule has 0 fully saturated rings. The topological polar surface area (TPSA) is 58.0 Å². The minimum absolute atomic E-state index is 0.220. The summed E-state index contributed by atoms with van der Waals surface area (Å²) < 4.78 is 0. The summed E-state index contributed by atoms with van der Waals surface area (Å²) in [6.45, 7) is 3.34. The van der Waals surface area contributed by atoms with Crippen LogP contribution in [0.4, 0.5) is 0 Å². The molecule has 1 heterocycles. The van der Waals surface area contributed by atoms with Gasteiger partial charge in [-0.1, -0.05) is 18.7 Å². The molecule has 0 saturated carbocycles. The van der Waals surface area contributed by atoms with E-state index < -0.39 is 0 Å². The van der Waals surface area contributed by atoms with Crippen molar-refractivity contribution in [2.45, 2.75) is 31.0 Å². The van der Waals surface area contributed by atoms with Crippen molar-refractivity contribution in [3.63, 3.8) is 0 Å². The number of aliphatic hydroxyl groups excluding tert-OH is 1. The second-order valence-electron chi connectivity index (χ2n) is 3.51. The number of nitrogens with one attached hydrogen (secondary N) is 1. The molecule has 0 aliphatic carbocycles. The summed E-state index contributed by atoms with van der Waals surface area (Å²) in [5.74, 6) is 0.893. The standard InChI is InChI=1S/C11H19N3OS/c1-2-5-12-10(4-8-15)9-16-11-13-6-3-7-14-11/h3,6-7,10,12,15H,2,4-5,8-9H2,1H3. The number of hydrogen-bond donors (Lipinski definition) is 2. The van der Waals surface area contributed by atoms with E-state index in [1.165, 1.54) is 0 Å². The van der Waals surface area contributed by atoms with Crippen LogP contribution in [0, 0.1) is 0 Å². The van der Waals surface area contributed by atoms with Crippen molar-refractivity contribution >= 4 is 11.8 Å². The van der Waals surface area contributed by atoms with E-state index in [1.54, 1.807) is 24.2 Å². The molecule has 0 aliphatic heterocycles. The molecule has 0 radical (unpaired) electrons. The molecule has 0 saturated heterocycles. The number of aliphatic hydroxyl groups is 1. The van der Waals surface area contributed by atoms with Crippen LogP contribution in [0.25, 0.3) is 0 Å². The number of rotatable bonds is 8. The van der Waals surface area contributed by atoms with E-state index in [2.05, 4.69) is 22.2 Å². The molecule has 90 valence electrons. The van der Waals surface area contributed by atoms with Gasteiger partial charge in [0.05, 0.1) is 0 Å². The highest BCUT2D eigenvalue weighted by Crippen LogP contribution is 2.13. The highest BCUT2D eigenvalue weighted by Gasteiger charge is 2.08. The van der Waals surface area contributed by atoms with Crippen LogP contribution in [-0.4, -0.2) is 40.0 Å². The molecule has 0 aromatic carbocycles. The van der Waals surface area contributed by atoms with Gasteiger partial charge in [-0.25, -0.2) is 9.97 Å². The third kappa shape index (κ3) is 5.44. The highest BCUT2D eigenvalue weighted by molar-refractivity contribution is 7.99. The maximum absolute atomic E-state index is 8.95. The molecule has 16 heavy (non-hydrogen) atoms. The quantitative estimate of drug-likeness (QED) is 0.531. The molecule has 0 aliphatic rings. The Hall–Kier alpha value is -0.650. The van der Waals surface area contributed by atoms with Gasteiger partial charge in [0.2, 0.25) is 0 Å². The maximum atomic E-state index is 8.95. The Morgan fingerprint density at radius 1 is 1.44 bits per heavy atom. The van der Waals surface area contributed by atoms with Crippen LogP contribution < -0.4 is 5.32 Å². The lowest BCUT2D eigenvalue weighted by Crippen LogP contribution is -2.32. The lowest BCUT2D eigenvalue weighted by Gasteiger charge is -2.16. The van der Waals surface area contributed by atoms with Gasteiger partial charge in [0.1, 0.15) is 0 Å².